The molecule has 3 N–H and O–H groups in total. The van der Waals surface area contributed by atoms with Gasteiger partial charge in [0.15, 0.2) is 0 Å². The minimum Gasteiger partial charge on any atom is -0.398 e. The van der Waals surface area contributed by atoms with Gasteiger partial charge in [-0.05, 0) is 25.5 Å². The molecule has 0 aliphatic carbocycles. The van der Waals surface area contributed by atoms with Crippen LogP contribution in [-0.2, 0) is 10.0 Å². The van der Waals surface area contributed by atoms with E-state index in [1.807, 2.05) is 0 Å². The number of nitrogens with two attached hydrogens (primary N) is 1. The van der Waals surface area contributed by atoms with Crippen LogP contribution in [0.25, 0.3) is 0 Å². The van der Waals surface area contributed by atoms with E-state index in [4.69, 9.17) is 5.73 Å². The Morgan fingerprint density at radius 1 is 1.30 bits per heavy atom. The Labute approximate surface area is 120 Å². The average molecular weight is 302 g/mol. The van der Waals surface area contributed by atoms with Crippen molar-refractivity contribution in [3.63, 3.8) is 0 Å². The minimum atomic E-state index is -3.91. The summed E-state index contributed by atoms with van der Waals surface area (Å²) in [5, 5.41) is 0. The lowest BCUT2D eigenvalue weighted by Crippen LogP contribution is -2.33. The van der Waals surface area contributed by atoms with Gasteiger partial charge >= 0.3 is 0 Å². The SMILES string of the molecule is CCCCCCC(C)NS(=O)(=O)c1c(N)cccc1F. The van der Waals surface area contributed by atoms with Gasteiger partial charge in [-0.15, -0.1) is 0 Å². The van der Waals surface area contributed by atoms with Gasteiger partial charge in [0.25, 0.3) is 0 Å². The Morgan fingerprint density at radius 3 is 2.60 bits per heavy atom. The molecule has 114 valence electrons. The zero-order valence-electron chi connectivity index (χ0n) is 12.0. The number of hydrogen-bond donors (Lipinski definition) is 2. The Morgan fingerprint density at radius 2 is 2.00 bits per heavy atom. The second-order valence-corrected chi connectivity index (χ2v) is 6.68. The van der Waals surface area contributed by atoms with Crippen molar-refractivity contribution in [2.45, 2.75) is 56.9 Å². The van der Waals surface area contributed by atoms with Crippen LogP contribution >= 0.6 is 0 Å². The second-order valence-electron chi connectivity index (χ2n) is 5.03. The molecule has 4 nitrogen and oxygen atoms in total. The maximum atomic E-state index is 13.6. The lowest BCUT2D eigenvalue weighted by atomic mass is 10.1. The molecule has 0 saturated carbocycles. The lowest BCUT2D eigenvalue weighted by molar-refractivity contribution is 0.515. The first-order chi connectivity index (χ1) is 9.38. The summed E-state index contributed by atoms with van der Waals surface area (Å²) in [6.07, 6.45) is 5.02. The van der Waals surface area contributed by atoms with Crippen LogP contribution in [0.1, 0.15) is 46.0 Å². The van der Waals surface area contributed by atoms with Gasteiger partial charge in [0.2, 0.25) is 10.0 Å². The van der Waals surface area contributed by atoms with Crippen molar-refractivity contribution in [1.29, 1.82) is 0 Å². The van der Waals surface area contributed by atoms with Crippen molar-refractivity contribution in [1.82, 2.24) is 4.72 Å². The van der Waals surface area contributed by atoms with Crippen LogP contribution in [0.3, 0.4) is 0 Å². The summed E-state index contributed by atoms with van der Waals surface area (Å²) in [7, 11) is -3.91. The normalized spacial score (nSPS) is 13.3. The number of nitrogens with one attached hydrogen (secondary N) is 1. The molecule has 0 aliphatic rings. The molecule has 1 rings (SSSR count). The topological polar surface area (TPSA) is 72.2 Å². The maximum Gasteiger partial charge on any atom is 0.245 e. The summed E-state index contributed by atoms with van der Waals surface area (Å²) < 4.78 is 40.4. The van der Waals surface area contributed by atoms with Crippen molar-refractivity contribution >= 4 is 15.7 Å². The molecule has 1 aromatic rings. The van der Waals surface area contributed by atoms with Gasteiger partial charge in [0.05, 0.1) is 5.69 Å². The van der Waals surface area contributed by atoms with E-state index in [1.165, 1.54) is 12.1 Å². The molecule has 1 atom stereocenters. The van der Waals surface area contributed by atoms with E-state index in [0.29, 0.717) is 0 Å². The summed E-state index contributed by atoms with van der Waals surface area (Å²) in [5.41, 5.74) is 5.49. The number of sulfonamides is 1. The molecular formula is C14H23FN2O2S. The highest BCUT2D eigenvalue weighted by Gasteiger charge is 2.23. The predicted molar refractivity (Wildman–Crippen MR) is 79.4 cm³/mol. The fraction of sp³-hybridized carbons (Fsp3) is 0.571. The van der Waals surface area contributed by atoms with Gasteiger partial charge < -0.3 is 5.73 Å². The van der Waals surface area contributed by atoms with Crippen molar-refractivity contribution in [2.24, 2.45) is 0 Å². The molecule has 1 unspecified atom stereocenters. The van der Waals surface area contributed by atoms with Gasteiger partial charge in [-0.2, -0.15) is 0 Å². The zero-order chi connectivity index (χ0) is 15.2. The molecule has 6 heteroatoms. The number of unbranched alkanes of at least 4 members (excludes halogenated alkanes) is 3. The summed E-state index contributed by atoms with van der Waals surface area (Å²) >= 11 is 0. The fourth-order valence-electron chi connectivity index (χ4n) is 2.07. The summed E-state index contributed by atoms with van der Waals surface area (Å²) in [6.45, 7) is 3.90. The van der Waals surface area contributed by atoms with E-state index < -0.39 is 20.7 Å². The van der Waals surface area contributed by atoms with Crippen LogP contribution in [0.5, 0.6) is 0 Å². The number of rotatable bonds is 8. The summed E-state index contributed by atoms with van der Waals surface area (Å²) in [4.78, 5) is -0.458. The number of halogens is 1. The highest BCUT2D eigenvalue weighted by molar-refractivity contribution is 7.89. The first-order valence-corrected chi connectivity index (χ1v) is 8.43. The molecular weight excluding hydrogens is 279 g/mol. The average Bonchev–Trinajstić information content (AvgIpc) is 2.33. The van der Waals surface area contributed by atoms with Crippen molar-refractivity contribution in [3.8, 4) is 0 Å². The third kappa shape index (κ3) is 4.76. The Bertz CT molecular complexity index is 512. The van der Waals surface area contributed by atoms with E-state index >= 15 is 0 Å². The molecule has 0 aliphatic heterocycles. The first kappa shape index (κ1) is 16.9. The molecule has 0 bridgehead atoms. The Hall–Kier alpha value is -1.14. The minimum absolute atomic E-state index is 0.0734. The van der Waals surface area contributed by atoms with Crippen molar-refractivity contribution < 1.29 is 12.8 Å². The van der Waals surface area contributed by atoms with Crippen LogP contribution < -0.4 is 10.5 Å². The number of benzene rings is 1. The molecule has 0 amide bonds. The van der Waals surface area contributed by atoms with Gasteiger partial charge in [-0.3, -0.25) is 0 Å². The number of anilines is 1. The standard InChI is InChI=1S/C14H23FN2O2S/c1-3-4-5-6-8-11(2)17-20(18,19)14-12(15)9-7-10-13(14)16/h7,9-11,17H,3-6,8,16H2,1-2H3. The molecule has 0 radical (unpaired) electrons. The van der Waals surface area contributed by atoms with Gasteiger partial charge in [-0.25, -0.2) is 17.5 Å². The van der Waals surface area contributed by atoms with Crippen LogP contribution in [0, 0.1) is 5.82 Å². The van der Waals surface area contributed by atoms with Gasteiger partial charge in [-0.1, -0.05) is 38.7 Å². The van der Waals surface area contributed by atoms with Crippen LogP contribution in [0.2, 0.25) is 0 Å². The zero-order valence-corrected chi connectivity index (χ0v) is 12.8. The number of nitrogen functional groups attached to an aromatic ring is 1. The van der Waals surface area contributed by atoms with E-state index in [2.05, 4.69) is 11.6 Å². The third-order valence-corrected chi connectivity index (χ3v) is 4.79. The quantitative estimate of drug-likeness (QED) is 0.572. The molecule has 0 aromatic heterocycles. The molecule has 0 heterocycles. The molecule has 0 spiro atoms. The van der Waals surface area contributed by atoms with Crippen LogP contribution in [0.15, 0.2) is 23.1 Å². The van der Waals surface area contributed by atoms with E-state index in [-0.39, 0.29) is 11.7 Å². The van der Waals surface area contributed by atoms with Crippen molar-refractivity contribution in [3.05, 3.63) is 24.0 Å². The highest BCUT2D eigenvalue weighted by Crippen LogP contribution is 2.22. The summed E-state index contributed by atoms with van der Waals surface area (Å²) in [6, 6.07) is 3.62. The number of hydrogen-bond acceptors (Lipinski definition) is 3. The Balaban J connectivity index is 2.70. The smallest absolute Gasteiger partial charge is 0.245 e. The largest absolute Gasteiger partial charge is 0.398 e. The molecule has 0 fully saturated rings. The van der Waals surface area contributed by atoms with Crippen LogP contribution in [0.4, 0.5) is 10.1 Å². The maximum absolute atomic E-state index is 13.6. The van der Waals surface area contributed by atoms with Crippen molar-refractivity contribution in [2.75, 3.05) is 5.73 Å². The van der Waals surface area contributed by atoms with Crippen LogP contribution in [-0.4, -0.2) is 14.5 Å². The highest BCUT2D eigenvalue weighted by atomic mass is 32.2. The lowest BCUT2D eigenvalue weighted by Gasteiger charge is -2.15. The van der Waals surface area contributed by atoms with Gasteiger partial charge in [0.1, 0.15) is 10.7 Å². The molecule has 0 saturated heterocycles. The molecule has 20 heavy (non-hydrogen) atoms. The second kappa shape index (κ2) is 7.59. The van der Waals surface area contributed by atoms with E-state index in [1.54, 1.807) is 6.92 Å². The fourth-order valence-corrected chi connectivity index (χ4v) is 3.54. The van der Waals surface area contributed by atoms with E-state index in [0.717, 1.165) is 38.2 Å². The van der Waals surface area contributed by atoms with E-state index in [9.17, 15) is 12.8 Å². The Kier molecular flexibility index (Phi) is 6.42. The van der Waals surface area contributed by atoms with Gasteiger partial charge in [0, 0.05) is 6.04 Å². The monoisotopic (exact) mass is 302 g/mol. The predicted octanol–water partition coefficient (Wildman–Crippen LogP) is 3.05. The third-order valence-electron chi connectivity index (χ3n) is 3.11. The molecule has 1 aromatic carbocycles. The first-order valence-electron chi connectivity index (χ1n) is 6.94. The summed E-state index contributed by atoms with van der Waals surface area (Å²) in [5.74, 6) is -0.823.